The molecule has 1 aromatic heterocycles. The van der Waals surface area contributed by atoms with E-state index in [1.165, 1.54) is 12.6 Å². The quantitative estimate of drug-likeness (QED) is 0.853. The third-order valence-electron chi connectivity index (χ3n) is 3.72. The number of esters is 1. The lowest BCUT2D eigenvalue weighted by molar-refractivity contribution is 0.0523. The molecular weight excluding hydrogens is 258 g/mol. The Hall–Kier alpha value is -1.85. The molecule has 2 heterocycles. The highest BCUT2D eigenvalue weighted by Crippen LogP contribution is 2.25. The maximum Gasteiger partial charge on any atom is 0.345 e. The first kappa shape index (κ1) is 14.6. The number of hydrogen-bond acceptors (Lipinski definition) is 5. The molecule has 6 heteroatoms. The van der Waals surface area contributed by atoms with E-state index >= 15 is 0 Å². The SMILES string of the molecule is CCOC(=O)c1cnc(N2[C@@H](C)CCC[C@@H]2C)[nH]c1=O. The minimum absolute atomic E-state index is 0.0482. The maximum atomic E-state index is 12.0. The molecule has 6 nitrogen and oxygen atoms in total. The molecule has 0 radical (unpaired) electrons. The minimum atomic E-state index is -0.632. The lowest BCUT2D eigenvalue weighted by Gasteiger charge is -2.39. The molecule has 1 saturated heterocycles. The number of anilines is 1. The molecule has 110 valence electrons. The number of nitrogens with one attached hydrogen (secondary N) is 1. The van der Waals surface area contributed by atoms with Crippen LogP contribution < -0.4 is 10.5 Å². The summed E-state index contributed by atoms with van der Waals surface area (Å²) < 4.78 is 4.82. The van der Waals surface area contributed by atoms with Crippen LogP contribution in [0, 0.1) is 0 Å². The number of hydrogen-bond donors (Lipinski definition) is 1. The summed E-state index contributed by atoms with van der Waals surface area (Å²) in [5, 5.41) is 0. The smallest absolute Gasteiger partial charge is 0.345 e. The highest BCUT2D eigenvalue weighted by molar-refractivity contribution is 5.88. The van der Waals surface area contributed by atoms with Crippen LogP contribution in [-0.2, 0) is 4.74 Å². The molecule has 1 aliphatic rings. The molecule has 20 heavy (non-hydrogen) atoms. The van der Waals surface area contributed by atoms with Crippen molar-refractivity contribution >= 4 is 11.9 Å². The summed E-state index contributed by atoms with van der Waals surface area (Å²) in [4.78, 5) is 32.6. The Labute approximate surface area is 118 Å². The predicted molar refractivity (Wildman–Crippen MR) is 76.1 cm³/mol. The first-order valence-corrected chi connectivity index (χ1v) is 7.09. The molecule has 1 N–H and O–H groups in total. The van der Waals surface area contributed by atoms with Crippen LogP contribution in [0.4, 0.5) is 5.95 Å². The van der Waals surface area contributed by atoms with Crippen molar-refractivity contribution in [2.24, 2.45) is 0 Å². The zero-order chi connectivity index (χ0) is 14.7. The summed E-state index contributed by atoms with van der Waals surface area (Å²) in [6.45, 7) is 6.18. The molecule has 0 aliphatic carbocycles. The molecule has 0 spiro atoms. The first-order valence-electron chi connectivity index (χ1n) is 7.09. The monoisotopic (exact) mass is 279 g/mol. The molecule has 1 aromatic rings. The van der Waals surface area contributed by atoms with Gasteiger partial charge in [0.1, 0.15) is 5.56 Å². The van der Waals surface area contributed by atoms with Crippen molar-refractivity contribution in [1.82, 2.24) is 9.97 Å². The standard InChI is InChI=1S/C14H21N3O3/c1-4-20-13(19)11-8-15-14(16-12(11)18)17-9(2)6-5-7-10(17)3/h8-10H,4-7H2,1-3H3,(H,15,16,18)/t9-,10-/m0/s1. The van der Waals surface area contributed by atoms with E-state index in [1.807, 2.05) is 0 Å². The molecule has 1 fully saturated rings. The first-order chi connectivity index (χ1) is 9.54. The molecular formula is C14H21N3O3. The summed E-state index contributed by atoms with van der Waals surface area (Å²) in [6.07, 6.45) is 4.64. The Kier molecular flexibility index (Phi) is 4.42. The zero-order valence-electron chi connectivity index (χ0n) is 12.2. The molecule has 0 amide bonds. The van der Waals surface area contributed by atoms with Crippen LogP contribution in [0.15, 0.2) is 11.0 Å². The van der Waals surface area contributed by atoms with Gasteiger partial charge in [0.15, 0.2) is 0 Å². The summed E-state index contributed by atoms with van der Waals surface area (Å²) >= 11 is 0. The van der Waals surface area contributed by atoms with Gasteiger partial charge in [0, 0.05) is 12.1 Å². The third-order valence-corrected chi connectivity index (χ3v) is 3.72. The summed E-state index contributed by atoms with van der Waals surface area (Å²) in [5.74, 6) is -0.102. The van der Waals surface area contributed by atoms with Gasteiger partial charge < -0.3 is 9.64 Å². The number of carbonyl (C=O) groups is 1. The van der Waals surface area contributed by atoms with Crippen molar-refractivity contribution in [3.63, 3.8) is 0 Å². The van der Waals surface area contributed by atoms with Gasteiger partial charge in [-0.2, -0.15) is 0 Å². The van der Waals surface area contributed by atoms with Crippen LogP contribution in [0.1, 0.15) is 50.4 Å². The number of nitrogens with zero attached hydrogens (tertiary/aromatic N) is 2. The van der Waals surface area contributed by atoms with E-state index in [-0.39, 0.29) is 12.2 Å². The Bertz CT molecular complexity index is 531. The van der Waals surface area contributed by atoms with Crippen LogP contribution in [0.5, 0.6) is 0 Å². The Morgan fingerprint density at radius 2 is 2.10 bits per heavy atom. The van der Waals surface area contributed by atoms with Crippen molar-refractivity contribution < 1.29 is 9.53 Å². The van der Waals surface area contributed by atoms with Gasteiger partial charge >= 0.3 is 5.97 Å². The van der Waals surface area contributed by atoms with Crippen LogP contribution >= 0.6 is 0 Å². The van der Waals surface area contributed by atoms with Crippen LogP contribution in [-0.4, -0.2) is 34.6 Å². The van der Waals surface area contributed by atoms with Crippen molar-refractivity contribution in [2.45, 2.75) is 52.1 Å². The Morgan fingerprint density at radius 3 is 2.65 bits per heavy atom. The van der Waals surface area contributed by atoms with Gasteiger partial charge in [-0.3, -0.25) is 9.78 Å². The average molecular weight is 279 g/mol. The number of H-pyrrole nitrogens is 1. The fourth-order valence-corrected chi connectivity index (χ4v) is 2.71. The van der Waals surface area contributed by atoms with Crippen LogP contribution in [0.2, 0.25) is 0 Å². The zero-order valence-corrected chi connectivity index (χ0v) is 12.2. The van der Waals surface area contributed by atoms with Gasteiger partial charge in [-0.25, -0.2) is 9.78 Å². The van der Waals surface area contributed by atoms with Crippen LogP contribution in [0.25, 0.3) is 0 Å². The van der Waals surface area contributed by atoms with Crippen molar-refractivity contribution in [1.29, 1.82) is 0 Å². The number of aromatic nitrogens is 2. The summed E-state index contributed by atoms with van der Waals surface area (Å²) in [7, 11) is 0. The van der Waals surface area contributed by atoms with E-state index in [9.17, 15) is 9.59 Å². The maximum absolute atomic E-state index is 12.0. The van der Waals surface area contributed by atoms with E-state index < -0.39 is 11.5 Å². The van der Waals surface area contributed by atoms with E-state index in [0.717, 1.165) is 12.8 Å². The highest BCUT2D eigenvalue weighted by Gasteiger charge is 2.27. The van der Waals surface area contributed by atoms with Crippen LogP contribution in [0.3, 0.4) is 0 Å². The molecule has 0 saturated carbocycles. The number of rotatable bonds is 3. The summed E-state index contributed by atoms with van der Waals surface area (Å²) in [6, 6.07) is 0.658. The number of ether oxygens (including phenoxy) is 1. The largest absolute Gasteiger partial charge is 0.462 e. The van der Waals surface area contributed by atoms with Gasteiger partial charge in [-0.05, 0) is 40.0 Å². The lowest BCUT2D eigenvalue weighted by Crippen LogP contribution is -2.45. The highest BCUT2D eigenvalue weighted by atomic mass is 16.5. The van der Waals surface area contributed by atoms with E-state index in [0.29, 0.717) is 18.0 Å². The molecule has 0 bridgehead atoms. The Balaban J connectivity index is 2.28. The molecule has 0 unspecified atom stereocenters. The molecule has 0 aromatic carbocycles. The van der Waals surface area contributed by atoms with Gasteiger partial charge in [0.2, 0.25) is 5.95 Å². The average Bonchev–Trinajstić information content (AvgIpc) is 2.38. The number of carbonyl (C=O) groups excluding carboxylic acids is 1. The number of piperidine rings is 1. The predicted octanol–water partition coefficient (Wildman–Crippen LogP) is 1.71. The van der Waals surface area contributed by atoms with Gasteiger partial charge in [-0.15, -0.1) is 0 Å². The van der Waals surface area contributed by atoms with Crippen molar-refractivity contribution in [2.75, 3.05) is 11.5 Å². The molecule has 2 atom stereocenters. The molecule has 1 aliphatic heterocycles. The lowest BCUT2D eigenvalue weighted by atomic mass is 9.98. The third kappa shape index (κ3) is 2.84. The number of aromatic amines is 1. The van der Waals surface area contributed by atoms with Crippen molar-refractivity contribution in [3.8, 4) is 0 Å². The fraction of sp³-hybridized carbons (Fsp3) is 0.643. The van der Waals surface area contributed by atoms with Gasteiger partial charge in [0.05, 0.1) is 12.8 Å². The Morgan fingerprint density at radius 1 is 1.45 bits per heavy atom. The topological polar surface area (TPSA) is 75.3 Å². The van der Waals surface area contributed by atoms with E-state index in [1.54, 1.807) is 6.92 Å². The van der Waals surface area contributed by atoms with E-state index in [2.05, 4.69) is 28.7 Å². The second-order valence-electron chi connectivity index (χ2n) is 5.21. The summed E-state index contributed by atoms with van der Waals surface area (Å²) in [5.41, 5.74) is -0.494. The van der Waals surface area contributed by atoms with Gasteiger partial charge in [-0.1, -0.05) is 0 Å². The second-order valence-corrected chi connectivity index (χ2v) is 5.21. The van der Waals surface area contributed by atoms with Gasteiger partial charge in [0.25, 0.3) is 5.56 Å². The second kappa shape index (κ2) is 6.07. The molecule has 2 rings (SSSR count). The normalized spacial score (nSPS) is 22.6. The minimum Gasteiger partial charge on any atom is -0.462 e. The van der Waals surface area contributed by atoms with E-state index in [4.69, 9.17) is 4.74 Å². The van der Waals surface area contributed by atoms with Crippen molar-refractivity contribution in [3.05, 3.63) is 22.1 Å². The fourth-order valence-electron chi connectivity index (χ4n) is 2.71.